The van der Waals surface area contributed by atoms with Gasteiger partial charge >= 0.3 is 0 Å². The third kappa shape index (κ3) is 3.99. The lowest BCUT2D eigenvalue weighted by atomic mass is 10.2. The van der Waals surface area contributed by atoms with Gasteiger partial charge in [-0.15, -0.1) is 0 Å². The predicted molar refractivity (Wildman–Crippen MR) is 84.4 cm³/mol. The lowest BCUT2D eigenvalue weighted by Gasteiger charge is -2.09. The molecule has 0 atom stereocenters. The van der Waals surface area contributed by atoms with Crippen molar-refractivity contribution in [1.29, 1.82) is 0 Å². The summed E-state index contributed by atoms with van der Waals surface area (Å²) in [5.74, 6) is 2.26. The minimum Gasteiger partial charge on any atom is -0.497 e. The van der Waals surface area contributed by atoms with Crippen LogP contribution in [0.15, 0.2) is 47.5 Å². The number of hydrogen-bond acceptors (Lipinski definition) is 4. The van der Waals surface area contributed by atoms with Gasteiger partial charge in [0.2, 0.25) is 0 Å². The molecule has 0 bridgehead atoms. The van der Waals surface area contributed by atoms with Crippen LogP contribution in [-0.4, -0.2) is 27.0 Å². The summed E-state index contributed by atoms with van der Waals surface area (Å²) in [5.41, 5.74) is 1.82. The van der Waals surface area contributed by atoms with E-state index < -0.39 is 0 Å². The van der Waals surface area contributed by atoms with E-state index in [1.54, 1.807) is 20.4 Å². The van der Waals surface area contributed by atoms with E-state index in [2.05, 4.69) is 4.99 Å². The molecule has 4 heteroatoms. The maximum atomic E-state index is 5.55. The summed E-state index contributed by atoms with van der Waals surface area (Å²) in [7, 11) is 3.27. The van der Waals surface area contributed by atoms with E-state index in [1.807, 2.05) is 49.4 Å². The first-order valence-electron chi connectivity index (χ1n) is 6.75. The van der Waals surface area contributed by atoms with Crippen molar-refractivity contribution in [3.8, 4) is 17.2 Å². The Morgan fingerprint density at radius 3 is 2.33 bits per heavy atom. The van der Waals surface area contributed by atoms with E-state index in [0.717, 1.165) is 28.5 Å². The van der Waals surface area contributed by atoms with E-state index in [1.165, 1.54) is 0 Å². The Hall–Kier alpha value is -2.49. The van der Waals surface area contributed by atoms with Gasteiger partial charge in [-0.2, -0.15) is 0 Å². The summed E-state index contributed by atoms with van der Waals surface area (Å²) in [6, 6.07) is 13.3. The molecule has 0 aliphatic rings. The summed E-state index contributed by atoms with van der Waals surface area (Å²) < 4.78 is 15.9. The molecule has 4 nitrogen and oxygen atoms in total. The summed E-state index contributed by atoms with van der Waals surface area (Å²) in [6.07, 6.45) is 1.80. The zero-order valence-corrected chi connectivity index (χ0v) is 12.5. The molecule has 0 aromatic heterocycles. The number of benzene rings is 2. The van der Waals surface area contributed by atoms with Crippen LogP contribution in [0.1, 0.15) is 12.5 Å². The number of nitrogens with zero attached hydrogens (tertiary/aromatic N) is 1. The normalized spacial score (nSPS) is 10.6. The molecule has 0 saturated heterocycles. The topological polar surface area (TPSA) is 40.0 Å². The number of methoxy groups -OCH3 is 2. The van der Waals surface area contributed by atoms with Gasteiger partial charge in [0.1, 0.15) is 5.75 Å². The van der Waals surface area contributed by atoms with Crippen LogP contribution in [-0.2, 0) is 0 Å². The van der Waals surface area contributed by atoms with E-state index in [-0.39, 0.29) is 0 Å². The molecule has 0 fully saturated rings. The largest absolute Gasteiger partial charge is 0.497 e. The molecule has 0 spiro atoms. The Kier molecular flexibility index (Phi) is 5.21. The van der Waals surface area contributed by atoms with Crippen LogP contribution >= 0.6 is 0 Å². The molecule has 0 N–H and O–H groups in total. The Labute approximate surface area is 125 Å². The highest BCUT2D eigenvalue weighted by Gasteiger charge is 2.04. The maximum absolute atomic E-state index is 5.55. The summed E-state index contributed by atoms with van der Waals surface area (Å²) >= 11 is 0. The second-order valence-electron chi connectivity index (χ2n) is 4.30. The fourth-order valence-electron chi connectivity index (χ4n) is 1.86. The molecule has 2 aromatic rings. The van der Waals surface area contributed by atoms with Crippen LogP contribution in [0.25, 0.3) is 0 Å². The zero-order valence-electron chi connectivity index (χ0n) is 12.5. The third-order valence-corrected chi connectivity index (χ3v) is 2.92. The molecular weight excluding hydrogens is 266 g/mol. The van der Waals surface area contributed by atoms with Gasteiger partial charge in [0.15, 0.2) is 11.5 Å². The van der Waals surface area contributed by atoms with Gasteiger partial charge in [0.05, 0.1) is 26.5 Å². The number of rotatable bonds is 6. The number of ether oxygens (including phenoxy) is 3. The van der Waals surface area contributed by atoms with Crippen LogP contribution in [0.3, 0.4) is 0 Å². The highest BCUT2D eigenvalue weighted by molar-refractivity contribution is 5.83. The molecule has 21 heavy (non-hydrogen) atoms. The Morgan fingerprint density at radius 2 is 1.71 bits per heavy atom. The Morgan fingerprint density at radius 1 is 0.952 bits per heavy atom. The Bertz CT molecular complexity index is 606. The second kappa shape index (κ2) is 7.33. The van der Waals surface area contributed by atoms with Gasteiger partial charge in [0.25, 0.3) is 0 Å². The minimum atomic E-state index is 0.593. The van der Waals surface area contributed by atoms with Crippen molar-refractivity contribution in [3.05, 3.63) is 48.0 Å². The minimum absolute atomic E-state index is 0.593. The average molecular weight is 285 g/mol. The van der Waals surface area contributed by atoms with Crippen LogP contribution in [0, 0.1) is 0 Å². The molecule has 0 saturated carbocycles. The monoisotopic (exact) mass is 285 g/mol. The summed E-state index contributed by atoms with van der Waals surface area (Å²) in [4.78, 5) is 4.43. The number of hydrogen-bond donors (Lipinski definition) is 0. The number of aliphatic imine (C=N–C) groups is 1. The average Bonchev–Trinajstić information content (AvgIpc) is 2.54. The fraction of sp³-hybridized carbons (Fsp3) is 0.235. The first-order valence-corrected chi connectivity index (χ1v) is 6.75. The van der Waals surface area contributed by atoms with Crippen LogP contribution in [0.5, 0.6) is 17.2 Å². The molecule has 0 aliphatic carbocycles. The van der Waals surface area contributed by atoms with E-state index in [9.17, 15) is 0 Å². The maximum Gasteiger partial charge on any atom is 0.161 e. The van der Waals surface area contributed by atoms with Crippen LogP contribution in [0.4, 0.5) is 5.69 Å². The lowest BCUT2D eigenvalue weighted by Crippen LogP contribution is -1.96. The summed E-state index contributed by atoms with van der Waals surface area (Å²) in [5, 5.41) is 0. The molecule has 0 amide bonds. The predicted octanol–water partition coefficient (Wildman–Crippen LogP) is 3.85. The molecule has 2 rings (SSSR count). The van der Waals surface area contributed by atoms with Crippen molar-refractivity contribution in [2.45, 2.75) is 6.92 Å². The first-order chi connectivity index (χ1) is 10.3. The Balaban J connectivity index is 2.17. The van der Waals surface area contributed by atoms with Crippen molar-refractivity contribution in [2.75, 3.05) is 20.8 Å². The quantitative estimate of drug-likeness (QED) is 0.757. The van der Waals surface area contributed by atoms with Crippen molar-refractivity contribution in [1.82, 2.24) is 0 Å². The van der Waals surface area contributed by atoms with Crippen LogP contribution in [0.2, 0.25) is 0 Å². The van der Waals surface area contributed by atoms with Gasteiger partial charge in [-0.05, 0) is 55.0 Å². The van der Waals surface area contributed by atoms with E-state index in [0.29, 0.717) is 6.61 Å². The molecule has 0 heterocycles. The summed E-state index contributed by atoms with van der Waals surface area (Å²) in [6.45, 7) is 2.53. The van der Waals surface area contributed by atoms with E-state index in [4.69, 9.17) is 14.2 Å². The first kappa shape index (κ1) is 14.9. The molecule has 110 valence electrons. The van der Waals surface area contributed by atoms with Gasteiger partial charge < -0.3 is 14.2 Å². The molecule has 0 aliphatic heterocycles. The molecule has 0 unspecified atom stereocenters. The SMILES string of the molecule is CCOc1cc(C=Nc2ccc(OC)cc2)ccc1OC. The highest BCUT2D eigenvalue weighted by Crippen LogP contribution is 2.27. The molecular formula is C17H19NO3. The molecule has 2 aromatic carbocycles. The third-order valence-electron chi connectivity index (χ3n) is 2.92. The van der Waals surface area contributed by atoms with Gasteiger partial charge in [-0.25, -0.2) is 0 Å². The van der Waals surface area contributed by atoms with Crippen molar-refractivity contribution in [2.24, 2.45) is 4.99 Å². The van der Waals surface area contributed by atoms with Crippen molar-refractivity contribution in [3.63, 3.8) is 0 Å². The van der Waals surface area contributed by atoms with Crippen molar-refractivity contribution < 1.29 is 14.2 Å². The van der Waals surface area contributed by atoms with Gasteiger partial charge in [0, 0.05) is 6.21 Å². The van der Waals surface area contributed by atoms with E-state index >= 15 is 0 Å². The van der Waals surface area contributed by atoms with Crippen molar-refractivity contribution >= 4 is 11.9 Å². The van der Waals surface area contributed by atoms with Gasteiger partial charge in [-0.1, -0.05) is 0 Å². The van der Waals surface area contributed by atoms with Gasteiger partial charge in [-0.3, -0.25) is 4.99 Å². The smallest absolute Gasteiger partial charge is 0.161 e. The standard InChI is InChI=1S/C17H19NO3/c1-4-21-17-11-13(5-10-16(17)20-3)12-18-14-6-8-15(19-2)9-7-14/h5-12H,4H2,1-3H3. The lowest BCUT2D eigenvalue weighted by molar-refractivity contribution is 0.311. The van der Waals surface area contributed by atoms with Crippen LogP contribution < -0.4 is 14.2 Å². The second-order valence-corrected chi connectivity index (χ2v) is 4.30. The fourth-order valence-corrected chi connectivity index (χ4v) is 1.86. The zero-order chi connectivity index (χ0) is 15.1. The molecule has 0 radical (unpaired) electrons. The highest BCUT2D eigenvalue weighted by atomic mass is 16.5.